The van der Waals surface area contributed by atoms with E-state index in [9.17, 15) is 4.79 Å². The molecule has 0 aliphatic carbocycles. The molecular weight excluding hydrogens is 396 g/mol. The molecule has 0 radical (unpaired) electrons. The molecule has 0 spiro atoms. The average Bonchev–Trinajstić information content (AvgIpc) is 2.70. The molecule has 0 aromatic heterocycles. The molecule has 8 heteroatoms. The third-order valence-corrected chi connectivity index (χ3v) is 5.65. The molecular formula is C20H31ClN4O2S. The standard InChI is InChI=1S/C20H31ClN4O2S/c1-25(2)19(26)15-24-20(22-11-10-17-5-3-4-13-27-17)23-12-14-28-18-8-6-16(21)7-9-18/h6-9,17H,3-5,10-15H2,1-2H3,(H2,22,23,24). The summed E-state index contributed by atoms with van der Waals surface area (Å²) in [5, 5.41) is 7.39. The van der Waals surface area contributed by atoms with Crippen LogP contribution in [0.2, 0.25) is 5.02 Å². The summed E-state index contributed by atoms with van der Waals surface area (Å²) in [6.45, 7) is 2.52. The number of hydrogen-bond acceptors (Lipinski definition) is 4. The Hall–Kier alpha value is -1.44. The number of carbonyl (C=O) groups excluding carboxylic acids is 1. The molecule has 1 aliphatic heterocycles. The van der Waals surface area contributed by atoms with Crippen LogP contribution in [0.3, 0.4) is 0 Å². The van der Waals surface area contributed by atoms with E-state index in [0.29, 0.717) is 12.1 Å². The maximum Gasteiger partial charge on any atom is 0.243 e. The highest BCUT2D eigenvalue weighted by Gasteiger charge is 2.13. The van der Waals surface area contributed by atoms with Gasteiger partial charge in [0, 0.05) is 49.5 Å². The Morgan fingerprint density at radius 2 is 2.00 bits per heavy atom. The second-order valence-corrected chi connectivity index (χ2v) is 8.49. The first-order valence-electron chi connectivity index (χ1n) is 9.77. The highest BCUT2D eigenvalue weighted by atomic mass is 35.5. The van der Waals surface area contributed by atoms with Gasteiger partial charge in [-0.3, -0.25) is 4.79 Å². The molecule has 1 amide bonds. The first-order valence-corrected chi connectivity index (χ1v) is 11.1. The van der Waals surface area contributed by atoms with Gasteiger partial charge in [-0.15, -0.1) is 11.8 Å². The third-order valence-electron chi connectivity index (χ3n) is 4.38. The van der Waals surface area contributed by atoms with Gasteiger partial charge in [0.1, 0.15) is 6.54 Å². The number of nitrogens with one attached hydrogen (secondary N) is 2. The summed E-state index contributed by atoms with van der Waals surface area (Å²) in [5.41, 5.74) is 0. The van der Waals surface area contributed by atoms with E-state index in [2.05, 4.69) is 15.6 Å². The zero-order chi connectivity index (χ0) is 20.2. The van der Waals surface area contributed by atoms with Crippen LogP contribution in [0.15, 0.2) is 34.2 Å². The number of benzene rings is 1. The molecule has 1 heterocycles. The van der Waals surface area contributed by atoms with Crippen molar-refractivity contribution in [2.45, 2.75) is 36.7 Å². The van der Waals surface area contributed by atoms with Crippen LogP contribution < -0.4 is 10.6 Å². The summed E-state index contributed by atoms with van der Waals surface area (Å²) in [6.07, 6.45) is 4.80. The molecule has 0 bridgehead atoms. The molecule has 28 heavy (non-hydrogen) atoms. The molecule has 6 nitrogen and oxygen atoms in total. The molecule has 1 aromatic carbocycles. The van der Waals surface area contributed by atoms with Gasteiger partial charge in [-0.1, -0.05) is 11.6 Å². The van der Waals surface area contributed by atoms with Crippen molar-refractivity contribution < 1.29 is 9.53 Å². The fraction of sp³-hybridized carbons (Fsp3) is 0.600. The van der Waals surface area contributed by atoms with Crippen molar-refractivity contribution in [3.8, 4) is 0 Å². The zero-order valence-electron chi connectivity index (χ0n) is 16.7. The minimum Gasteiger partial charge on any atom is -0.378 e. The highest BCUT2D eigenvalue weighted by molar-refractivity contribution is 7.99. The van der Waals surface area contributed by atoms with Crippen LogP contribution in [-0.2, 0) is 9.53 Å². The van der Waals surface area contributed by atoms with E-state index in [1.165, 1.54) is 11.3 Å². The smallest absolute Gasteiger partial charge is 0.243 e. The minimum absolute atomic E-state index is 0.0211. The van der Waals surface area contributed by atoms with Gasteiger partial charge < -0.3 is 20.3 Å². The van der Waals surface area contributed by atoms with E-state index in [0.717, 1.165) is 49.7 Å². The number of amides is 1. The van der Waals surface area contributed by atoms with Crippen molar-refractivity contribution in [2.24, 2.45) is 4.99 Å². The van der Waals surface area contributed by atoms with Gasteiger partial charge in [0.15, 0.2) is 5.96 Å². The molecule has 1 saturated heterocycles. The number of ether oxygens (including phenoxy) is 1. The Balaban J connectivity index is 1.76. The second kappa shape index (κ2) is 12.9. The van der Waals surface area contributed by atoms with Gasteiger partial charge in [0.25, 0.3) is 0 Å². The number of thioether (sulfide) groups is 1. The largest absolute Gasteiger partial charge is 0.378 e. The Bertz CT molecular complexity index is 619. The number of hydrogen-bond donors (Lipinski definition) is 2. The normalized spacial score (nSPS) is 17.2. The van der Waals surface area contributed by atoms with Crippen LogP contribution in [0.1, 0.15) is 25.7 Å². The monoisotopic (exact) mass is 426 g/mol. The molecule has 1 fully saturated rings. The Kier molecular flexibility index (Phi) is 10.5. The highest BCUT2D eigenvalue weighted by Crippen LogP contribution is 2.19. The number of aliphatic imine (C=N–C) groups is 1. The average molecular weight is 427 g/mol. The van der Waals surface area contributed by atoms with Gasteiger partial charge >= 0.3 is 0 Å². The Morgan fingerprint density at radius 1 is 1.25 bits per heavy atom. The summed E-state index contributed by atoms with van der Waals surface area (Å²) < 4.78 is 5.77. The van der Waals surface area contributed by atoms with Crippen LogP contribution in [0.25, 0.3) is 0 Å². The predicted molar refractivity (Wildman–Crippen MR) is 117 cm³/mol. The van der Waals surface area contributed by atoms with Crippen LogP contribution in [0.5, 0.6) is 0 Å². The lowest BCUT2D eigenvalue weighted by molar-refractivity contribution is -0.127. The van der Waals surface area contributed by atoms with Crippen molar-refractivity contribution in [3.63, 3.8) is 0 Å². The zero-order valence-corrected chi connectivity index (χ0v) is 18.3. The summed E-state index contributed by atoms with van der Waals surface area (Å²) in [4.78, 5) is 19.0. The van der Waals surface area contributed by atoms with Gasteiger partial charge in [-0.25, -0.2) is 4.99 Å². The van der Waals surface area contributed by atoms with E-state index >= 15 is 0 Å². The molecule has 1 unspecified atom stereocenters. The van der Waals surface area contributed by atoms with Crippen LogP contribution in [0.4, 0.5) is 0 Å². The minimum atomic E-state index is -0.0211. The Labute approximate surface area is 177 Å². The fourth-order valence-electron chi connectivity index (χ4n) is 2.72. The first kappa shape index (κ1) is 22.8. The fourth-order valence-corrected chi connectivity index (χ4v) is 3.61. The van der Waals surface area contributed by atoms with Crippen LogP contribution in [0, 0.1) is 0 Å². The van der Waals surface area contributed by atoms with Gasteiger partial charge in [0.2, 0.25) is 5.91 Å². The summed E-state index contributed by atoms with van der Waals surface area (Å²) in [6, 6.07) is 7.82. The first-order chi connectivity index (χ1) is 13.5. The summed E-state index contributed by atoms with van der Waals surface area (Å²) in [5.74, 6) is 1.53. The van der Waals surface area contributed by atoms with Crippen molar-refractivity contribution in [1.82, 2.24) is 15.5 Å². The van der Waals surface area contributed by atoms with E-state index in [4.69, 9.17) is 16.3 Å². The van der Waals surface area contributed by atoms with E-state index in [1.807, 2.05) is 24.3 Å². The second-order valence-electron chi connectivity index (χ2n) is 6.89. The maximum atomic E-state index is 11.8. The maximum absolute atomic E-state index is 11.8. The van der Waals surface area contributed by atoms with Gasteiger partial charge in [-0.05, 0) is 49.9 Å². The van der Waals surface area contributed by atoms with Crippen LogP contribution >= 0.6 is 23.4 Å². The van der Waals surface area contributed by atoms with Gasteiger partial charge in [-0.2, -0.15) is 0 Å². The van der Waals surface area contributed by atoms with Crippen molar-refractivity contribution in [2.75, 3.05) is 46.1 Å². The molecule has 1 aromatic rings. The third kappa shape index (κ3) is 9.17. The molecule has 1 aliphatic rings. The van der Waals surface area contributed by atoms with Crippen molar-refractivity contribution in [3.05, 3.63) is 29.3 Å². The van der Waals surface area contributed by atoms with Gasteiger partial charge in [0.05, 0.1) is 6.10 Å². The number of likely N-dealkylation sites (N-methyl/N-ethyl adjacent to an activating group) is 1. The lowest BCUT2D eigenvalue weighted by atomic mass is 10.1. The molecule has 2 N–H and O–H groups in total. The van der Waals surface area contributed by atoms with E-state index in [-0.39, 0.29) is 12.5 Å². The summed E-state index contributed by atoms with van der Waals surface area (Å²) in [7, 11) is 3.48. The van der Waals surface area contributed by atoms with Crippen molar-refractivity contribution >= 4 is 35.2 Å². The van der Waals surface area contributed by atoms with E-state index in [1.54, 1.807) is 30.8 Å². The molecule has 0 saturated carbocycles. The quantitative estimate of drug-likeness (QED) is 0.275. The molecule has 1 atom stereocenters. The summed E-state index contributed by atoms with van der Waals surface area (Å²) >= 11 is 7.66. The van der Waals surface area contributed by atoms with Crippen molar-refractivity contribution in [1.29, 1.82) is 0 Å². The number of halogens is 1. The Morgan fingerprint density at radius 3 is 2.68 bits per heavy atom. The number of nitrogens with zero attached hydrogens (tertiary/aromatic N) is 2. The topological polar surface area (TPSA) is 66.0 Å². The predicted octanol–water partition coefficient (Wildman–Crippen LogP) is 3.01. The molecule has 156 valence electrons. The van der Waals surface area contributed by atoms with Crippen LogP contribution in [-0.4, -0.2) is 69.0 Å². The van der Waals surface area contributed by atoms with E-state index < -0.39 is 0 Å². The molecule has 2 rings (SSSR count). The lowest BCUT2D eigenvalue weighted by Gasteiger charge is -2.23. The SMILES string of the molecule is CN(C)C(=O)CN=C(NCCSc1ccc(Cl)cc1)NCCC1CCCCO1. The number of guanidine groups is 1. The lowest BCUT2D eigenvalue weighted by Crippen LogP contribution is -2.41. The number of carbonyl (C=O) groups is 1. The number of rotatable bonds is 9.